The second kappa shape index (κ2) is 8.68. The van der Waals surface area contributed by atoms with Crippen LogP contribution < -0.4 is 9.46 Å². The lowest BCUT2D eigenvalue weighted by molar-refractivity contribution is 0.0692. The van der Waals surface area contributed by atoms with Gasteiger partial charge < -0.3 is 14.9 Å². The summed E-state index contributed by atoms with van der Waals surface area (Å²) >= 11 is 0. The van der Waals surface area contributed by atoms with Crippen LogP contribution in [0.2, 0.25) is 0 Å². The van der Waals surface area contributed by atoms with Crippen molar-refractivity contribution >= 4 is 27.8 Å². The van der Waals surface area contributed by atoms with E-state index in [0.29, 0.717) is 32.0 Å². The molecule has 2 fully saturated rings. The molecule has 34 heavy (non-hydrogen) atoms. The second-order valence-corrected chi connectivity index (χ2v) is 10.7. The standard InChI is InChI=1S/C24H25FN2O6S/c25-16-3-6-21(14(10-16)2-1-8-27-9-7-17(28)12-27)34(31,32)26-20-5-4-18-19-11-15(19)13-33-23(18)22(20)24(29)30/h1-6,10,15,17,19,26,28H,7-9,11-13H2,(H,29,30)/t15?,17-,19?/m1/s1. The highest BCUT2D eigenvalue weighted by atomic mass is 32.2. The quantitative estimate of drug-likeness (QED) is 0.549. The Bertz CT molecular complexity index is 1280. The maximum atomic E-state index is 14.0. The first-order valence-corrected chi connectivity index (χ1v) is 12.6. The number of rotatable bonds is 7. The number of carbonyl (C=O) groups is 1. The van der Waals surface area contributed by atoms with E-state index in [1.165, 1.54) is 12.1 Å². The molecule has 10 heteroatoms. The van der Waals surface area contributed by atoms with E-state index in [-0.39, 0.29) is 39.5 Å². The summed E-state index contributed by atoms with van der Waals surface area (Å²) in [4.78, 5) is 13.9. The van der Waals surface area contributed by atoms with Crippen LogP contribution >= 0.6 is 0 Å². The number of aliphatic hydroxyl groups is 1. The highest BCUT2D eigenvalue weighted by molar-refractivity contribution is 7.92. The average molecular weight is 489 g/mol. The third-order valence-electron chi connectivity index (χ3n) is 6.58. The molecule has 3 N–H and O–H groups in total. The van der Waals surface area contributed by atoms with Gasteiger partial charge >= 0.3 is 5.97 Å². The highest BCUT2D eigenvalue weighted by Crippen LogP contribution is 2.55. The van der Waals surface area contributed by atoms with Crippen LogP contribution in [0.5, 0.6) is 5.75 Å². The van der Waals surface area contributed by atoms with E-state index in [9.17, 15) is 27.8 Å². The van der Waals surface area contributed by atoms with Gasteiger partial charge in [-0.05, 0) is 54.2 Å². The normalized spacial score (nSPS) is 23.9. The summed E-state index contributed by atoms with van der Waals surface area (Å²) in [6.45, 7) is 2.14. The maximum absolute atomic E-state index is 14.0. The van der Waals surface area contributed by atoms with E-state index >= 15 is 0 Å². The lowest BCUT2D eigenvalue weighted by Crippen LogP contribution is -2.22. The van der Waals surface area contributed by atoms with Crippen molar-refractivity contribution in [3.63, 3.8) is 0 Å². The molecule has 0 bridgehead atoms. The van der Waals surface area contributed by atoms with Crippen LogP contribution in [-0.4, -0.2) is 61.8 Å². The Hall–Kier alpha value is -2.95. The van der Waals surface area contributed by atoms with Gasteiger partial charge in [-0.15, -0.1) is 0 Å². The third kappa shape index (κ3) is 4.40. The molecule has 3 atom stereocenters. The molecule has 1 saturated heterocycles. The van der Waals surface area contributed by atoms with Crippen molar-refractivity contribution < 1.29 is 32.6 Å². The molecule has 2 heterocycles. The molecule has 0 spiro atoms. The Morgan fingerprint density at radius 3 is 2.85 bits per heavy atom. The number of nitrogens with one attached hydrogen (secondary N) is 1. The summed E-state index contributed by atoms with van der Waals surface area (Å²) in [7, 11) is -4.25. The van der Waals surface area contributed by atoms with Gasteiger partial charge in [0.15, 0.2) is 0 Å². The van der Waals surface area contributed by atoms with E-state index in [0.717, 1.165) is 36.7 Å². The molecule has 0 radical (unpaired) electrons. The zero-order chi connectivity index (χ0) is 24.0. The number of aromatic carboxylic acids is 1. The molecule has 5 rings (SSSR count). The first kappa shape index (κ1) is 22.8. The second-order valence-electron chi connectivity index (χ2n) is 9.02. The zero-order valence-electron chi connectivity index (χ0n) is 18.3. The molecule has 2 aliphatic heterocycles. The predicted molar refractivity (Wildman–Crippen MR) is 123 cm³/mol. The molecule has 180 valence electrons. The predicted octanol–water partition coefficient (Wildman–Crippen LogP) is 2.90. The average Bonchev–Trinajstić information content (AvgIpc) is 3.46. The number of nitrogens with zero attached hydrogens (tertiary/aromatic N) is 1. The van der Waals surface area contributed by atoms with Crippen LogP contribution in [0.25, 0.3) is 6.08 Å². The smallest absolute Gasteiger partial charge is 0.341 e. The van der Waals surface area contributed by atoms with Crippen molar-refractivity contribution in [1.29, 1.82) is 0 Å². The van der Waals surface area contributed by atoms with Crippen molar-refractivity contribution in [1.82, 2.24) is 4.90 Å². The van der Waals surface area contributed by atoms with Crippen molar-refractivity contribution in [3.8, 4) is 5.75 Å². The Morgan fingerprint density at radius 1 is 1.29 bits per heavy atom. The zero-order valence-corrected chi connectivity index (χ0v) is 19.1. The number of halogens is 1. The SMILES string of the molecule is O=C(O)c1c(NS(=O)(=O)c2ccc(F)cc2C=CCN2CC[C@@H](O)C2)ccc2c1OCC1CC21. The molecule has 0 amide bonds. The summed E-state index contributed by atoms with van der Waals surface area (Å²) < 4.78 is 48.5. The molecule has 2 aromatic rings. The van der Waals surface area contributed by atoms with E-state index in [1.807, 2.05) is 4.90 Å². The number of benzene rings is 2. The number of β-amino-alcohol motifs (C(OH)–C–C–N with tert-alkyl or cyclic N) is 1. The Morgan fingerprint density at radius 2 is 2.12 bits per heavy atom. The molecule has 0 aromatic heterocycles. The summed E-state index contributed by atoms with van der Waals surface area (Å²) in [5, 5.41) is 19.5. The first-order chi connectivity index (χ1) is 16.2. The van der Waals surface area contributed by atoms with E-state index < -0.39 is 21.8 Å². The molecule has 8 nitrogen and oxygen atoms in total. The lowest BCUT2D eigenvalue weighted by atomic mass is 10.0. The van der Waals surface area contributed by atoms with Gasteiger partial charge in [-0.1, -0.05) is 18.2 Å². The number of carboxylic acids is 1. The molecule has 2 aromatic carbocycles. The van der Waals surface area contributed by atoms with Crippen LogP contribution in [-0.2, 0) is 10.0 Å². The number of aliphatic hydroxyl groups excluding tert-OH is 1. The monoisotopic (exact) mass is 488 g/mol. The van der Waals surface area contributed by atoms with E-state index in [4.69, 9.17) is 4.74 Å². The minimum absolute atomic E-state index is 0.101. The van der Waals surface area contributed by atoms with Crippen LogP contribution in [0.3, 0.4) is 0 Å². The first-order valence-electron chi connectivity index (χ1n) is 11.2. The van der Waals surface area contributed by atoms with Gasteiger partial charge in [-0.2, -0.15) is 0 Å². The summed E-state index contributed by atoms with van der Waals surface area (Å²) in [5.74, 6) is -1.05. The Balaban J connectivity index is 1.44. The Labute approximate surface area is 196 Å². The summed E-state index contributed by atoms with van der Waals surface area (Å²) in [6, 6.07) is 6.47. The topological polar surface area (TPSA) is 116 Å². The summed E-state index contributed by atoms with van der Waals surface area (Å²) in [6.07, 6.45) is 4.46. The minimum atomic E-state index is -4.25. The van der Waals surface area contributed by atoms with Gasteiger partial charge in [0.1, 0.15) is 17.1 Å². The van der Waals surface area contributed by atoms with Gasteiger partial charge in [0.05, 0.1) is 23.3 Å². The number of hydrogen-bond donors (Lipinski definition) is 3. The van der Waals surface area contributed by atoms with Crippen LogP contribution in [0.15, 0.2) is 41.3 Å². The van der Waals surface area contributed by atoms with Crippen molar-refractivity contribution in [2.24, 2.45) is 5.92 Å². The molecular weight excluding hydrogens is 463 g/mol. The lowest BCUT2D eigenvalue weighted by Gasteiger charge is -2.21. The largest absolute Gasteiger partial charge is 0.492 e. The number of fused-ring (bicyclic) bond motifs is 3. The van der Waals surface area contributed by atoms with Gasteiger partial charge in [0.2, 0.25) is 0 Å². The minimum Gasteiger partial charge on any atom is -0.492 e. The van der Waals surface area contributed by atoms with Crippen LogP contribution in [0, 0.1) is 11.7 Å². The fourth-order valence-corrected chi connectivity index (χ4v) is 6.00. The van der Waals surface area contributed by atoms with E-state index in [2.05, 4.69) is 4.72 Å². The van der Waals surface area contributed by atoms with Crippen LogP contribution in [0.1, 0.15) is 40.2 Å². The van der Waals surface area contributed by atoms with Crippen molar-refractivity contribution in [2.45, 2.75) is 29.8 Å². The molecule has 3 aliphatic rings. The number of sulfonamides is 1. The number of hydrogen-bond acceptors (Lipinski definition) is 6. The Kier molecular flexibility index (Phi) is 5.83. The summed E-state index contributed by atoms with van der Waals surface area (Å²) in [5.41, 5.74) is 0.599. The van der Waals surface area contributed by atoms with Crippen LogP contribution in [0.4, 0.5) is 10.1 Å². The van der Waals surface area contributed by atoms with E-state index in [1.54, 1.807) is 12.1 Å². The van der Waals surface area contributed by atoms with Gasteiger partial charge in [0.25, 0.3) is 10.0 Å². The maximum Gasteiger partial charge on any atom is 0.341 e. The van der Waals surface area contributed by atoms with Crippen molar-refractivity contribution in [3.05, 3.63) is 58.9 Å². The molecular formula is C24H25FN2O6S. The van der Waals surface area contributed by atoms with Gasteiger partial charge in [-0.3, -0.25) is 9.62 Å². The third-order valence-corrected chi connectivity index (χ3v) is 8.02. The fourth-order valence-electron chi connectivity index (χ4n) is 4.75. The number of anilines is 1. The molecule has 1 aliphatic carbocycles. The van der Waals surface area contributed by atoms with Gasteiger partial charge in [0, 0.05) is 25.6 Å². The number of ether oxygens (including phenoxy) is 1. The number of likely N-dealkylation sites (tertiary alicyclic amines) is 1. The van der Waals surface area contributed by atoms with Gasteiger partial charge in [-0.25, -0.2) is 17.6 Å². The molecule has 1 saturated carbocycles. The van der Waals surface area contributed by atoms with Crippen molar-refractivity contribution in [2.75, 3.05) is 31.0 Å². The molecule has 2 unspecified atom stereocenters. The highest BCUT2D eigenvalue weighted by Gasteiger charge is 2.45. The fraction of sp³-hybridized carbons (Fsp3) is 0.375. The number of carboxylic acid groups (broad SMARTS) is 1.